The Balaban J connectivity index is 1.66. The fourth-order valence-corrected chi connectivity index (χ4v) is 4.89. The molecule has 7 nitrogen and oxygen atoms in total. The summed E-state index contributed by atoms with van der Waals surface area (Å²) in [6, 6.07) is 18.9. The Morgan fingerprint density at radius 2 is 1.79 bits per heavy atom. The van der Waals surface area contributed by atoms with E-state index in [9.17, 15) is 15.3 Å². The van der Waals surface area contributed by atoms with Crippen LogP contribution in [0.1, 0.15) is 18.4 Å². The summed E-state index contributed by atoms with van der Waals surface area (Å²) in [5.74, 6) is -1.93. The molecule has 0 spiro atoms. The van der Waals surface area contributed by atoms with Crippen LogP contribution >= 0.6 is 27.3 Å². The van der Waals surface area contributed by atoms with Gasteiger partial charge in [0.1, 0.15) is 11.7 Å². The summed E-state index contributed by atoms with van der Waals surface area (Å²) < 4.78 is 6.06. The van der Waals surface area contributed by atoms with Crippen molar-refractivity contribution in [1.29, 1.82) is 10.5 Å². The van der Waals surface area contributed by atoms with E-state index in [1.54, 1.807) is 14.0 Å². The van der Waals surface area contributed by atoms with Gasteiger partial charge in [0, 0.05) is 27.0 Å². The van der Waals surface area contributed by atoms with Crippen molar-refractivity contribution < 1.29 is 9.53 Å². The Kier molecular flexibility index (Phi) is 6.55. The Labute approximate surface area is 203 Å². The van der Waals surface area contributed by atoms with Gasteiger partial charge in [-0.1, -0.05) is 28.1 Å². The first-order valence-electron chi connectivity index (χ1n) is 10.0. The maximum Gasteiger partial charge on any atom is 0.259 e. The van der Waals surface area contributed by atoms with Gasteiger partial charge in [0.05, 0.1) is 30.9 Å². The number of amides is 1. The van der Waals surface area contributed by atoms with Crippen LogP contribution in [0.4, 0.5) is 5.13 Å². The maximum absolute atomic E-state index is 13.5. The van der Waals surface area contributed by atoms with Gasteiger partial charge in [-0.3, -0.25) is 4.79 Å². The van der Waals surface area contributed by atoms with Crippen molar-refractivity contribution in [1.82, 2.24) is 4.98 Å². The molecule has 2 heterocycles. The highest BCUT2D eigenvalue weighted by molar-refractivity contribution is 9.10. The van der Waals surface area contributed by atoms with Crippen LogP contribution in [0.15, 0.2) is 63.5 Å². The summed E-state index contributed by atoms with van der Waals surface area (Å²) in [4.78, 5) is 18.1. The Hall–Kier alpha value is -3.53. The number of ether oxygens (including phenoxy) is 1. The lowest BCUT2D eigenvalue weighted by Crippen LogP contribution is -2.34. The largest absolute Gasteiger partial charge is 0.497 e. The van der Waals surface area contributed by atoms with E-state index in [1.165, 1.54) is 16.3 Å². The second kappa shape index (κ2) is 9.53. The molecule has 2 atom stereocenters. The number of carbonyl (C=O) groups excluding carboxylic acids is 1. The zero-order valence-corrected chi connectivity index (χ0v) is 20.2. The molecule has 0 unspecified atom stereocenters. The van der Waals surface area contributed by atoms with Gasteiger partial charge in [0.15, 0.2) is 0 Å². The Bertz CT molecular complexity index is 1270. The summed E-state index contributed by atoms with van der Waals surface area (Å²) in [5, 5.41) is 27.3. The minimum absolute atomic E-state index is 0.299. The van der Waals surface area contributed by atoms with E-state index in [0.717, 1.165) is 27.0 Å². The third kappa shape index (κ3) is 4.38. The summed E-state index contributed by atoms with van der Waals surface area (Å²) in [5.41, 5.74) is 2.89. The monoisotopic (exact) mass is 519 g/mol. The zero-order valence-electron chi connectivity index (χ0n) is 17.8. The average molecular weight is 520 g/mol. The number of hydrogen-bond donors (Lipinski definition) is 0. The van der Waals surface area contributed by atoms with Gasteiger partial charge < -0.3 is 4.74 Å². The minimum Gasteiger partial charge on any atom is -0.497 e. The number of hydrogen-bond acceptors (Lipinski definition) is 7. The quantitative estimate of drug-likeness (QED) is 0.435. The maximum atomic E-state index is 13.5. The van der Waals surface area contributed by atoms with Crippen molar-refractivity contribution in [3.8, 4) is 29.1 Å². The number of hydrazone groups is 1. The number of aromatic nitrogens is 1. The van der Waals surface area contributed by atoms with Crippen molar-refractivity contribution >= 4 is 44.0 Å². The molecular weight excluding hydrogens is 502 g/mol. The Morgan fingerprint density at radius 3 is 2.39 bits per heavy atom. The second-order valence-corrected chi connectivity index (χ2v) is 9.18. The highest BCUT2D eigenvalue weighted by atomic mass is 79.9. The number of benzene rings is 2. The standard InChI is InChI=1S/C24H18BrN5O2S/c1-14-21(22(17(11-26)12-27)16-3-7-18(25)8-4-16)23(31)30(29-14)24-28-20(13-33-24)15-5-9-19(32-2)10-6-15/h3-10,13,17,21-22H,1-2H3/t21-,22+/m1/s1. The molecule has 0 saturated carbocycles. The van der Waals surface area contributed by atoms with Crippen LogP contribution in [0, 0.1) is 34.5 Å². The third-order valence-corrected chi connectivity index (χ3v) is 6.84. The number of halogens is 1. The molecule has 9 heteroatoms. The predicted molar refractivity (Wildman–Crippen MR) is 130 cm³/mol. The number of nitriles is 2. The molecule has 0 bridgehead atoms. The summed E-state index contributed by atoms with van der Waals surface area (Å²) >= 11 is 4.71. The van der Waals surface area contributed by atoms with E-state index >= 15 is 0 Å². The second-order valence-electron chi connectivity index (χ2n) is 7.43. The van der Waals surface area contributed by atoms with Crippen molar-refractivity contribution in [2.24, 2.45) is 16.9 Å². The summed E-state index contributed by atoms with van der Waals surface area (Å²) in [7, 11) is 1.61. The van der Waals surface area contributed by atoms with E-state index < -0.39 is 17.8 Å². The molecule has 1 aromatic heterocycles. The van der Waals surface area contributed by atoms with Gasteiger partial charge in [0.2, 0.25) is 5.13 Å². The lowest BCUT2D eigenvalue weighted by atomic mass is 9.76. The van der Waals surface area contributed by atoms with Crippen LogP contribution in [-0.4, -0.2) is 23.7 Å². The molecule has 1 aliphatic heterocycles. The van der Waals surface area contributed by atoms with E-state index in [4.69, 9.17) is 4.74 Å². The molecule has 2 aromatic carbocycles. The van der Waals surface area contributed by atoms with Crippen molar-refractivity contribution in [3.63, 3.8) is 0 Å². The Morgan fingerprint density at radius 1 is 1.12 bits per heavy atom. The molecule has 33 heavy (non-hydrogen) atoms. The SMILES string of the molecule is COc1ccc(-c2csc(N3N=C(C)[C@H]([C@@H](c4ccc(Br)cc4)C(C#N)C#N)C3=O)n2)cc1. The molecule has 0 N–H and O–H groups in total. The fourth-order valence-electron chi connectivity index (χ4n) is 3.84. The van der Waals surface area contributed by atoms with Gasteiger partial charge in [-0.2, -0.15) is 20.6 Å². The first-order valence-corrected chi connectivity index (χ1v) is 11.7. The third-order valence-electron chi connectivity index (χ3n) is 5.49. The number of carbonyl (C=O) groups is 1. The van der Waals surface area contributed by atoms with E-state index in [2.05, 4.69) is 38.2 Å². The van der Waals surface area contributed by atoms with Crippen LogP contribution < -0.4 is 9.75 Å². The highest BCUT2D eigenvalue weighted by Gasteiger charge is 2.45. The highest BCUT2D eigenvalue weighted by Crippen LogP contribution is 2.40. The number of rotatable bonds is 6. The summed E-state index contributed by atoms with van der Waals surface area (Å²) in [6.45, 7) is 1.75. The number of anilines is 1. The van der Waals surface area contributed by atoms with Crippen molar-refractivity contribution in [2.75, 3.05) is 12.1 Å². The normalized spacial score (nSPS) is 16.3. The van der Waals surface area contributed by atoms with Crippen molar-refractivity contribution in [2.45, 2.75) is 12.8 Å². The lowest BCUT2D eigenvalue weighted by molar-refractivity contribution is -0.120. The average Bonchev–Trinajstić information content (AvgIpc) is 3.43. The molecular formula is C24H18BrN5O2S. The van der Waals surface area contributed by atoms with Gasteiger partial charge in [-0.15, -0.1) is 11.3 Å². The molecule has 1 amide bonds. The van der Waals surface area contributed by atoms with Crippen LogP contribution in [-0.2, 0) is 4.79 Å². The minimum atomic E-state index is -1.00. The number of thiazole rings is 1. The van der Waals surface area contributed by atoms with Gasteiger partial charge in [-0.05, 0) is 48.9 Å². The lowest BCUT2D eigenvalue weighted by Gasteiger charge is -2.24. The van der Waals surface area contributed by atoms with Crippen LogP contribution in [0.2, 0.25) is 0 Å². The van der Waals surface area contributed by atoms with Crippen LogP contribution in [0.3, 0.4) is 0 Å². The van der Waals surface area contributed by atoms with Crippen molar-refractivity contribution in [3.05, 3.63) is 63.9 Å². The fraction of sp³-hybridized carbons (Fsp3) is 0.208. The van der Waals surface area contributed by atoms with Crippen LogP contribution in [0.5, 0.6) is 5.75 Å². The van der Waals surface area contributed by atoms with E-state index in [-0.39, 0.29) is 5.91 Å². The van der Waals surface area contributed by atoms with Gasteiger partial charge in [-0.25, -0.2) is 4.98 Å². The van der Waals surface area contributed by atoms with Gasteiger partial charge in [0.25, 0.3) is 5.91 Å². The molecule has 164 valence electrons. The first kappa shape index (κ1) is 22.7. The smallest absolute Gasteiger partial charge is 0.259 e. The topological polar surface area (TPSA) is 102 Å². The first-order chi connectivity index (χ1) is 16.0. The molecule has 0 radical (unpaired) electrons. The molecule has 1 aliphatic rings. The van der Waals surface area contributed by atoms with E-state index in [1.807, 2.05) is 53.9 Å². The molecule has 0 aliphatic carbocycles. The molecule has 0 fully saturated rings. The number of nitrogens with zero attached hydrogens (tertiary/aromatic N) is 5. The van der Waals surface area contributed by atoms with Gasteiger partial charge >= 0.3 is 0 Å². The molecule has 0 saturated heterocycles. The summed E-state index contributed by atoms with van der Waals surface area (Å²) in [6.07, 6.45) is 0. The zero-order chi connectivity index (χ0) is 23.5. The van der Waals surface area contributed by atoms with E-state index in [0.29, 0.717) is 10.8 Å². The predicted octanol–water partition coefficient (Wildman–Crippen LogP) is 5.37. The molecule has 4 rings (SSSR count). The molecule has 3 aromatic rings. The van der Waals surface area contributed by atoms with Crippen LogP contribution in [0.25, 0.3) is 11.3 Å². The number of methoxy groups -OCH3 is 1.